The minimum atomic E-state index is -1.37. The molecule has 0 amide bonds. The minimum Gasteiger partial charge on any atom is -0.374 e. The highest BCUT2D eigenvalue weighted by Gasteiger charge is 2.43. The first kappa shape index (κ1) is 13.8. The van der Waals surface area contributed by atoms with Gasteiger partial charge >= 0.3 is 0 Å². The summed E-state index contributed by atoms with van der Waals surface area (Å²) in [6, 6.07) is -0.0963. The Balaban J connectivity index is 4.43. The van der Waals surface area contributed by atoms with E-state index in [2.05, 4.69) is 5.32 Å². The molecule has 5 nitrogen and oxygen atoms in total. The molecule has 0 bridgehead atoms. The Hall–Kier alpha value is -0.200. The van der Waals surface area contributed by atoms with E-state index < -0.39 is 11.3 Å². The smallest absolute Gasteiger partial charge is 0.132 e. The van der Waals surface area contributed by atoms with Crippen molar-refractivity contribution in [3.05, 3.63) is 0 Å². The normalized spacial score (nSPS) is 22.5. The maximum Gasteiger partial charge on any atom is 0.132 e. The van der Waals surface area contributed by atoms with E-state index in [1.54, 1.807) is 13.8 Å². The second kappa shape index (κ2) is 5.04. The van der Waals surface area contributed by atoms with E-state index in [9.17, 15) is 5.11 Å². The summed E-state index contributed by atoms with van der Waals surface area (Å²) in [7, 11) is 0. The Labute approximate surface area is 86.0 Å². The highest BCUT2D eigenvalue weighted by atomic mass is 16.3. The highest BCUT2D eigenvalue weighted by molar-refractivity contribution is 5.02. The number of nitrogens with two attached hydrogens (primary N) is 3. The molecule has 3 unspecified atom stereocenters. The van der Waals surface area contributed by atoms with Crippen molar-refractivity contribution < 1.29 is 5.11 Å². The Morgan fingerprint density at radius 2 is 1.93 bits per heavy atom. The van der Waals surface area contributed by atoms with Crippen molar-refractivity contribution in [2.45, 2.75) is 44.5 Å². The topological polar surface area (TPSA) is 110 Å². The maximum atomic E-state index is 9.90. The van der Waals surface area contributed by atoms with E-state index in [0.29, 0.717) is 19.5 Å². The van der Waals surface area contributed by atoms with E-state index in [1.807, 2.05) is 6.92 Å². The summed E-state index contributed by atoms with van der Waals surface area (Å²) in [4.78, 5) is 0. The fraction of sp³-hybridized carbons (Fsp3) is 1.00. The minimum absolute atomic E-state index is 0.0963. The number of nitrogens with one attached hydrogen (secondary N) is 1. The molecule has 0 aromatic rings. The zero-order valence-corrected chi connectivity index (χ0v) is 9.38. The predicted molar refractivity (Wildman–Crippen MR) is 58.5 cm³/mol. The molecule has 3 atom stereocenters. The Kier molecular flexibility index (Phi) is 4.97. The summed E-state index contributed by atoms with van der Waals surface area (Å²) in [6.45, 7) is 6.64. The number of aliphatic hydroxyl groups is 1. The largest absolute Gasteiger partial charge is 0.374 e. The first-order valence-electron chi connectivity index (χ1n) is 5.03. The quantitative estimate of drug-likeness (QED) is 0.345. The summed E-state index contributed by atoms with van der Waals surface area (Å²) in [5.41, 5.74) is 14.9. The van der Waals surface area contributed by atoms with Crippen LogP contribution in [0.1, 0.15) is 27.2 Å². The van der Waals surface area contributed by atoms with Crippen molar-refractivity contribution >= 4 is 0 Å². The van der Waals surface area contributed by atoms with Gasteiger partial charge in [0.25, 0.3) is 0 Å². The molecule has 0 aromatic carbocycles. The Morgan fingerprint density at radius 3 is 2.29 bits per heavy atom. The van der Waals surface area contributed by atoms with Crippen LogP contribution >= 0.6 is 0 Å². The highest BCUT2D eigenvalue weighted by Crippen LogP contribution is 2.21. The summed E-state index contributed by atoms with van der Waals surface area (Å²) in [5.74, 6) is 0. The van der Waals surface area contributed by atoms with E-state index >= 15 is 0 Å². The van der Waals surface area contributed by atoms with Gasteiger partial charge in [-0.15, -0.1) is 0 Å². The third kappa shape index (κ3) is 2.90. The van der Waals surface area contributed by atoms with Gasteiger partial charge in [-0.05, 0) is 20.3 Å². The zero-order chi connectivity index (χ0) is 11.4. The van der Waals surface area contributed by atoms with Crippen molar-refractivity contribution in [2.24, 2.45) is 17.2 Å². The molecule has 0 aliphatic heterocycles. The predicted octanol–water partition coefficient (Wildman–Crippen LogP) is -1.30. The second-order valence-corrected chi connectivity index (χ2v) is 4.02. The molecule has 8 N–H and O–H groups in total. The van der Waals surface area contributed by atoms with Gasteiger partial charge in [-0.3, -0.25) is 0 Å². The summed E-state index contributed by atoms with van der Waals surface area (Å²) in [5, 5.41) is 13.0. The van der Waals surface area contributed by atoms with Crippen LogP contribution in [0.2, 0.25) is 0 Å². The number of hydrogen-bond acceptors (Lipinski definition) is 5. The number of rotatable bonds is 6. The molecule has 0 heterocycles. The van der Waals surface area contributed by atoms with Crippen molar-refractivity contribution in [2.75, 3.05) is 13.1 Å². The van der Waals surface area contributed by atoms with Crippen molar-refractivity contribution in [3.8, 4) is 0 Å². The molecule has 5 heteroatoms. The fourth-order valence-corrected chi connectivity index (χ4v) is 1.27. The Bertz CT molecular complexity index is 170. The van der Waals surface area contributed by atoms with Crippen LogP contribution in [0, 0.1) is 0 Å². The SMILES string of the molecule is CCC(N)(O)C(C)(N)C(C)NCCN. The van der Waals surface area contributed by atoms with Gasteiger partial charge in [-0.25, -0.2) is 0 Å². The van der Waals surface area contributed by atoms with Gasteiger partial charge < -0.3 is 27.6 Å². The second-order valence-electron chi connectivity index (χ2n) is 4.02. The lowest BCUT2D eigenvalue weighted by Gasteiger charge is -2.43. The molecule has 0 aliphatic rings. The molecule has 0 saturated heterocycles. The van der Waals surface area contributed by atoms with Crippen LogP contribution in [-0.4, -0.2) is 35.5 Å². The van der Waals surface area contributed by atoms with Gasteiger partial charge in [-0.1, -0.05) is 6.92 Å². The van der Waals surface area contributed by atoms with Crippen LogP contribution in [0.25, 0.3) is 0 Å². The van der Waals surface area contributed by atoms with Crippen LogP contribution in [0.4, 0.5) is 0 Å². The van der Waals surface area contributed by atoms with Crippen LogP contribution in [0.15, 0.2) is 0 Å². The van der Waals surface area contributed by atoms with Crippen molar-refractivity contribution in [1.82, 2.24) is 5.32 Å². The molecule has 0 saturated carbocycles. The van der Waals surface area contributed by atoms with Crippen LogP contribution in [-0.2, 0) is 0 Å². The van der Waals surface area contributed by atoms with E-state index in [0.717, 1.165) is 0 Å². The number of hydrogen-bond donors (Lipinski definition) is 5. The third-order valence-corrected chi connectivity index (χ3v) is 2.97. The van der Waals surface area contributed by atoms with Crippen molar-refractivity contribution in [1.29, 1.82) is 0 Å². The zero-order valence-electron chi connectivity index (χ0n) is 9.38. The fourth-order valence-electron chi connectivity index (χ4n) is 1.27. The summed E-state index contributed by atoms with van der Waals surface area (Å²) < 4.78 is 0. The molecule has 0 rings (SSSR count). The molecule has 86 valence electrons. The van der Waals surface area contributed by atoms with Gasteiger partial charge in [-0.2, -0.15) is 0 Å². The lowest BCUT2D eigenvalue weighted by molar-refractivity contribution is -0.0398. The molecule has 0 aromatic heterocycles. The molecular weight excluding hydrogens is 180 g/mol. The van der Waals surface area contributed by atoms with E-state index in [-0.39, 0.29) is 6.04 Å². The lowest BCUT2D eigenvalue weighted by atomic mass is 9.82. The van der Waals surface area contributed by atoms with E-state index in [4.69, 9.17) is 17.2 Å². The monoisotopic (exact) mass is 204 g/mol. The molecule has 14 heavy (non-hydrogen) atoms. The standard InChI is InChI=1S/C9H24N4O/c1-4-9(12,14)8(3,11)7(2)13-6-5-10/h7,13-14H,4-6,10-12H2,1-3H3. The van der Waals surface area contributed by atoms with Crippen LogP contribution in [0.3, 0.4) is 0 Å². The van der Waals surface area contributed by atoms with Crippen LogP contribution < -0.4 is 22.5 Å². The molecule has 0 radical (unpaired) electrons. The first-order chi connectivity index (χ1) is 6.29. The maximum absolute atomic E-state index is 9.90. The molecule has 0 fully saturated rings. The van der Waals surface area contributed by atoms with Crippen molar-refractivity contribution in [3.63, 3.8) is 0 Å². The lowest BCUT2D eigenvalue weighted by Crippen LogP contribution is -2.71. The van der Waals surface area contributed by atoms with Gasteiger partial charge in [0.1, 0.15) is 5.72 Å². The first-order valence-corrected chi connectivity index (χ1v) is 5.03. The van der Waals surface area contributed by atoms with Gasteiger partial charge in [0, 0.05) is 19.1 Å². The van der Waals surface area contributed by atoms with Gasteiger partial charge in [0.2, 0.25) is 0 Å². The Morgan fingerprint density at radius 1 is 1.43 bits per heavy atom. The average molecular weight is 204 g/mol. The van der Waals surface area contributed by atoms with Crippen LogP contribution in [0.5, 0.6) is 0 Å². The average Bonchev–Trinajstić information content (AvgIpc) is 2.13. The molecular formula is C9H24N4O. The van der Waals surface area contributed by atoms with E-state index in [1.165, 1.54) is 0 Å². The van der Waals surface area contributed by atoms with Gasteiger partial charge in [0.15, 0.2) is 0 Å². The summed E-state index contributed by atoms with van der Waals surface area (Å²) >= 11 is 0. The van der Waals surface area contributed by atoms with Gasteiger partial charge in [0.05, 0.1) is 5.54 Å². The summed E-state index contributed by atoms with van der Waals surface area (Å²) in [6.07, 6.45) is 0.411. The third-order valence-electron chi connectivity index (χ3n) is 2.97. The molecule has 0 spiro atoms. The molecule has 0 aliphatic carbocycles.